The van der Waals surface area contributed by atoms with Gasteiger partial charge in [-0.15, -0.1) is 0 Å². The molecule has 0 spiro atoms. The van der Waals surface area contributed by atoms with Crippen molar-refractivity contribution in [2.75, 3.05) is 32.8 Å². The van der Waals surface area contributed by atoms with Crippen LogP contribution in [0.1, 0.15) is 43.3 Å². The van der Waals surface area contributed by atoms with Crippen LogP contribution in [0.4, 0.5) is 0 Å². The lowest BCUT2D eigenvalue weighted by molar-refractivity contribution is 0.223. The summed E-state index contributed by atoms with van der Waals surface area (Å²) in [5.74, 6) is 1.71. The van der Waals surface area contributed by atoms with Gasteiger partial charge >= 0.3 is 0 Å². The van der Waals surface area contributed by atoms with Gasteiger partial charge in [-0.1, -0.05) is 26.0 Å². The zero-order valence-electron chi connectivity index (χ0n) is 19.5. The first-order valence-corrected chi connectivity index (χ1v) is 10.9. The lowest BCUT2D eigenvalue weighted by atomic mass is 10.2. The van der Waals surface area contributed by atoms with E-state index in [1.807, 2.05) is 30.8 Å². The van der Waals surface area contributed by atoms with Crippen LogP contribution < -0.4 is 15.4 Å². The maximum Gasteiger partial charge on any atom is 0.191 e. The van der Waals surface area contributed by atoms with Crippen LogP contribution >= 0.6 is 0 Å². The Bertz CT molecular complexity index is 793. The molecule has 0 fully saturated rings. The van der Waals surface area contributed by atoms with Crippen LogP contribution in [-0.4, -0.2) is 53.4 Å². The minimum Gasteiger partial charge on any atom is -0.492 e. The van der Waals surface area contributed by atoms with Gasteiger partial charge in [0, 0.05) is 37.9 Å². The molecule has 7 heteroatoms. The highest BCUT2D eigenvalue weighted by atomic mass is 16.5. The number of aromatic nitrogens is 2. The number of hydrogen-bond acceptors (Lipinski definition) is 4. The maximum atomic E-state index is 5.86. The smallest absolute Gasteiger partial charge is 0.191 e. The molecule has 1 aromatic heterocycles. The fraction of sp³-hybridized carbons (Fsp3) is 0.565. The van der Waals surface area contributed by atoms with Gasteiger partial charge in [-0.05, 0) is 51.6 Å². The Labute approximate surface area is 181 Å². The summed E-state index contributed by atoms with van der Waals surface area (Å²) >= 11 is 0. The standard InChI is InChI=1S/C23H38N6O/c1-7-24-23(26-17-22-18(4)27-28(6)19(22)5)25-16-20-10-12-21(13-11-20)30-15-14-29(8-2)9-3/h10-13H,7-9,14-17H2,1-6H3,(H2,24,25,26). The van der Waals surface area contributed by atoms with Crippen LogP contribution in [-0.2, 0) is 20.1 Å². The number of aryl methyl sites for hydroxylation is 2. The van der Waals surface area contributed by atoms with E-state index < -0.39 is 0 Å². The molecule has 7 nitrogen and oxygen atoms in total. The zero-order chi connectivity index (χ0) is 21.9. The summed E-state index contributed by atoms with van der Waals surface area (Å²) in [5.41, 5.74) is 4.59. The third-order valence-electron chi connectivity index (χ3n) is 5.35. The van der Waals surface area contributed by atoms with E-state index in [4.69, 9.17) is 9.73 Å². The highest BCUT2D eigenvalue weighted by molar-refractivity contribution is 5.79. The molecule has 2 aromatic rings. The van der Waals surface area contributed by atoms with E-state index in [0.717, 1.165) is 49.1 Å². The molecule has 2 rings (SSSR count). The summed E-state index contributed by atoms with van der Waals surface area (Å²) in [6, 6.07) is 8.20. The fourth-order valence-electron chi connectivity index (χ4n) is 3.28. The van der Waals surface area contributed by atoms with Gasteiger partial charge in [0.05, 0.1) is 12.2 Å². The van der Waals surface area contributed by atoms with Crippen molar-refractivity contribution in [3.63, 3.8) is 0 Å². The van der Waals surface area contributed by atoms with E-state index in [9.17, 15) is 0 Å². The maximum absolute atomic E-state index is 5.86. The second-order valence-corrected chi connectivity index (χ2v) is 7.34. The predicted molar refractivity (Wildman–Crippen MR) is 124 cm³/mol. The van der Waals surface area contributed by atoms with Crippen LogP contribution in [0.2, 0.25) is 0 Å². The molecule has 0 saturated heterocycles. The van der Waals surface area contributed by atoms with Crippen LogP contribution in [0, 0.1) is 13.8 Å². The van der Waals surface area contributed by atoms with E-state index in [-0.39, 0.29) is 0 Å². The van der Waals surface area contributed by atoms with E-state index in [2.05, 4.69) is 60.5 Å². The van der Waals surface area contributed by atoms with Crippen molar-refractivity contribution in [1.29, 1.82) is 0 Å². The third kappa shape index (κ3) is 7.06. The quantitative estimate of drug-likeness (QED) is 0.437. The Balaban J connectivity index is 1.89. The number of hydrogen-bond donors (Lipinski definition) is 2. The van der Waals surface area contributed by atoms with Crippen LogP contribution in [0.3, 0.4) is 0 Å². The van der Waals surface area contributed by atoms with E-state index in [1.54, 1.807) is 0 Å². The van der Waals surface area contributed by atoms with Crippen molar-refractivity contribution in [2.45, 2.75) is 47.7 Å². The third-order valence-corrected chi connectivity index (χ3v) is 5.35. The zero-order valence-corrected chi connectivity index (χ0v) is 19.5. The Morgan fingerprint density at radius 1 is 1.10 bits per heavy atom. The van der Waals surface area contributed by atoms with Crippen molar-refractivity contribution in [2.24, 2.45) is 12.0 Å². The molecule has 0 aliphatic rings. The molecule has 0 atom stereocenters. The molecule has 0 aliphatic heterocycles. The van der Waals surface area contributed by atoms with Crippen molar-refractivity contribution in [1.82, 2.24) is 25.3 Å². The monoisotopic (exact) mass is 414 g/mol. The molecule has 1 aromatic carbocycles. The van der Waals surface area contributed by atoms with E-state index in [0.29, 0.717) is 19.7 Å². The number of nitrogens with one attached hydrogen (secondary N) is 2. The SMILES string of the molecule is CCNC(=NCc1ccc(OCCN(CC)CC)cc1)NCc1c(C)nn(C)c1C. The summed E-state index contributed by atoms with van der Waals surface area (Å²) < 4.78 is 7.78. The van der Waals surface area contributed by atoms with Gasteiger partial charge in [-0.25, -0.2) is 4.99 Å². The summed E-state index contributed by atoms with van der Waals surface area (Å²) in [7, 11) is 1.97. The van der Waals surface area contributed by atoms with Gasteiger partial charge < -0.3 is 20.3 Å². The predicted octanol–water partition coefficient (Wildman–Crippen LogP) is 3.01. The average Bonchev–Trinajstić information content (AvgIpc) is 2.99. The molecular weight excluding hydrogens is 376 g/mol. The largest absolute Gasteiger partial charge is 0.492 e. The van der Waals surface area contributed by atoms with E-state index in [1.165, 1.54) is 11.3 Å². The molecule has 30 heavy (non-hydrogen) atoms. The molecular formula is C23H38N6O. The van der Waals surface area contributed by atoms with Crippen LogP contribution in [0.15, 0.2) is 29.3 Å². The van der Waals surface area contributed by atoms with Gasteiger partial charge in [-0.2, -0.15) is 5.10 Å². The molecule has 2 N–H and O–H groups in total. The number of benzene rings is 1. The van der Waals surface area contributed by atoms with Gasteiger partial charge in [0.2, 0.25) is 0 Å². The summed E-state index contributed by atoms with van der Waals surface area (Å²) in [4.78, 5) is 7.08. The Kier molecular flexibility index (Phi) is 9.67. The molecule has 166 valence electrons. The van der Waals surface area contributed by atoms with Crippen molar-refractivity contribution in [3.8, 4) is 5.75 Å². The van der Waals surface area contributed by atoms with Gasteiger partial charge in [0.1, 0.15) is 12.4 Å². The number of ether oxygens (including phenoxy) is 1. The first kappa shape index (κ1) is 23.7. The second kappa shape index (κ2) is 12.2. The molecule has 0 bridgehead atoms. The lowest BCUT2D eigenvalue weighted by Crippen LogP contribution is -2.37. The Hall–Kier alpha value is -2.54. The van der Waals surface area contributed by atoms with Crippen molar-refractivity contribution in [3.05, 3.63) is 46.8 Å². The highest BCUT2D eigenvalue weighted by Gasteiger charge is 2.09. The first-order valence-electron chi connectivity index (χ1n) is 10.9. The number of guanidine groups is 1. The van der Waals surface area contributed by atoms with Crippen molar-refractivity contribution < 1.29 is 4.74 Å². The minimum absolute atomic E-state index is 0.611. The fourth-order valence-corrected chi connectivity index (χ4v) is 3.28. The minimum atomic E-state index is 0.611. The van der Waals surface area contributed by atoms with Crippen LogP contribution in [0.25, 0.3) is 0 Å². The van der Waals surface area contributed by atoms with Crippen molar-refractivity contribution >= 4 is 5.96 Å². The Morgan fingerprint density at radius 2 is 1.80 bits per heavy atom. The van der Waals surface area contributed by atoms with Crippen LogP contribution in [0.5, 0.6) is 5.75 Å². The molecule has 0 unspecified atom stereocenters. The molecule has 0 radical (unpaired) electrons. The molecule has 0 aliphatic carbocycles. The second-order valence-electron chi connectivity index (χ2n) is 7.34. The normalized spacial score (nSPS) is 11.8. The first-order chi connectivity index (χ1) is 14.5. The van der Waals surface area contributed by atoms with Gasteiger partial charge in [0.15, 0.2) is 5.96 Å². The number of likely N-dealkylation sites (N-methyl/N-ethyl adjacent to an activating group) is 1. The van der Waals surface area contributed by atoms with Gasteiger partial charge in [-0.3, -0.25) is 4.68 Å². The topological polar surface area (TPSA) is 66.7 Å². The van der Waals surface area contributed by atoms with Gasteiger partial charge in [0.25, 0.3) is 0 Å². The summed E-state index contributed by atoms with van der Waals surface area (Å²) in [6.07, 6.45) is 0. The molecule has 0 amide bonds. The summed E-state index contributed by atoms with van der Waals surface area (Å²) in [5, 5.41) is 11.2. The number of aliphatic imine (C=N–C) groups is 1. The molecule has 1 heterocycles. The lowest BCUT2D eigenvalue weighted by Gasteiger charge is -2.18. The number of rotatable bonds is 11. The number of nitrogens with zero attached hydrogens (tertiary/aromatic N) is 4. The summed E-state index contributed by atoms with van der Waals surface area (Å²) in [6.45, 7) is 16.5. The molecule has 0 saturated carbocycles. The van der Waals surface area contributed by atoms with E-state index >= 15 is 0 Å². The highest BCUT2D eigenvalue weighted by Crippen LogP contribution is 2.13. The Morgan fingerprint density at radius 3 is 2.37 bits per heavy atom. The average molecular weight is 415 g/mol.